The molecule has 0 spiro atoms. The second kappa shape index (κ2) is 5.25. The molecule has 1 saturated heterocycles. The Bertz CT molecular complexity index is 560. The van der Waals surface area contributed by atoms with Crippen LogP contribution in [0.4, 0.5) is 0 Å². The van der Waals surface area contributed by atoms with E-state index in [-0.39, 0.29) is 11.9 Å². The van der Waals surface area contributed by atoms with E-state index >= 15 is 0 Å². The van der Waals surface area contributed by atoms with Crippen LogP contribution in [0.3, 0.4) is 0 Å². The van der Waals surface area contributed by atoms with Gasteiger partial charge in [0.1, 0.15) is 5.58 Å². The van der Waals surface area contributed by atoms with E-state index < -0.39 is 0 Å². The third kappa shape index (κ3) is 2.35. The number of halogens is 1. The Hall–Kier alpha value is -1.48. The fraction of sp³-hybridized carbons (Fsp3) is 0.400. The highest BCUT2D eigenvalue weighted by molar-refractivity contribution is 6.17. The van der Waals surface area contributed by atoms with Crippen molar-refractivity contribution in [1.82, 2.24) is 4.90 Å². The molecular formula is C15H16ClNO2. The first-order chi connectivity index (χ1) is 9.29. The van der Waals surface area contributed by atoms with Crippen LogP contribution in [0.2, 0.25) is 0 Å². The number of fused-ring (bicyclic) bond motifs is 1. The normalized spacial score (nSPS) is 19.2. The maximum absolute atomic E-state index is 12.5. The number of hydrogen-bond donors (Lipinski definition) is 0. The second-order valence-electron chi connectivity index (χ2n) is 4.92. The molecule has 0 aliphatic carbocycles. The molecule has 1 atom stereocenters. The van der Waals surface area contributed by atoms with Crippen molar-refractivity contribution < 1.29 is 9.21 Å². The zero-order valence-corrected chi connectivity index (χ0v) is 11.4. The molecule has 1 unspecified atom stereocenters. The van der Waals surface area contributed by atoms with Crippen molar-refractivity contribution in [2.45, 2.75) is 25.3 Å². The molecule has 19 heavy (non-hydrogen) atoms. The summed E-state index contributed by atoms with van der Waals surface area (Å²) in [6, 6.07) is 9.78. The van der Waals surface area contributed by atoms with Gasteiger partial charge in [0.15, 0.2) is 5.76 Å². The molecule has 4 heteroatoms. The number of rotatable bonds is 3. The molecule has 1 aliphatic heterocycles. The van der Waals surface area contributed by atoms with Crippen LogP contribution in [0, 0.1) is 0 Å². The van der Waals surface area contributed by atoms with Crippen molar-refractivity contribution in [1.29, 1.82) is 0 Å². The summed E-state index contributed by atoms with van der Waals surface area (Å²) in [5.41, 5.74) is 0.763. The van der Waals surface area contributed by atoms with Crippen LogP contribution >= 0.6 is 11.6 Å². The van der Waals surface area contributed by atoms with Gasteiger partial charge in [0.05, 0.1) is 0 Å². The number of alkyl halides is 1. The topological polar surface area (TPSA) is 33.5 Å². The lowest BCUT2D eigenvalue weighted by atomic mass is 10.1. The van der Waals surface area contributed by atoms with Gasteiger partial charge in [-0.3, -0.25) is 4.79 Å². The summed E-state index contributed by atoms with van der Waals surface area (Å²) in [6.07, 6.45) is 2.94. The number of hydrogen-bond acceptors (Lipinski definition) is 2. The fourth-order valence-electron chi connectivity index (χ4n) is 2.76. The quantitative estimate of drug-likeness (QED) is 0.802. The highest BCUT2D eigenvalue weighted by Crippen LogP contribution is 2.25. The zero-order valence-electron chi connectivity index (χ0n) is 10.6. The minimum atomic E-state index is -0.0104. The van der Waals surface area contributed by atoms with Crippen molar-refractivity contribution in [3.05, 3.63) is 36.1 Å². The molecule has 0 radical (unpaired) electrons. The van der Waals surface area contributed by atoms with Gasteiger partial charge in [-0.05, 0) is 31.4 Å². The number of benzene rings is 1. The summed E-state index contributed by atoms with van der Waals surface area (Å²) in [4.78, 5) is 14.4. The van der Waals surface area contributed by atoms with Gasteiger partial charge >= 0.3 is 0 Å². The summed E-state index contributed by atoms with van der Waals surface area (Å²) in [6.45, 7) is 0.803. The van der Waals surface area contributed by atoms with Gasteiger partial charge in [-0.1, -0.05) is 18.2 Å². The van der Waals surface area contributed by atoms with Crippen LogP contribution in [0.25, 0.3) is 11.0 Å². The van der Waals surface area contributed by atoms with Crippen LogP contribution in [0.5, 0.6) is 0 Å². The SMILES string of the molecule is O=C(c1cc2ccccc2o1)N1CCCC1CCCl. The molecule has 1 aromatic carbocycles. The van der Waals surface area contributed by atoms with Crippen molar-refractivity contribution in [3.8, 4) is 0 Å². The molecule has 1 aliphatic rings. The van der Waals surface area contributed by atoms with E-state index in [0.717, 1.165) is 36.8 Å². The molecule has 0 N–H and O–H groups in total. The van der Waals surface area contributed by atoms with Crippen LogP contribution in [-0.2, 0) is 0 Å². The van der Waals surface area contributed by atoms with Crippen molar-refractivity contribution in [2.75, 3.05) is 12.4 Å². The van der Waals surface area contributed by atoms with Crippen LogP contribution in [0.1, 0.15) is 29.8 Å². The highest BCUT2D eigenvalue weighted by Gasteiger charge is 2.30. The molecule has 2 heterocycles. The second-order valence-corrected chi connectivity index (χ2v) is 5.30. The predicted molar refractivity (Wildman–Crippen MR) is 75.6 cm³/mol. The summed E-state index contributed by atoms with van der Waals surface area (Å²) in [5, 5.41) is 0.971. The molecule has 1 aromatic heterocycles. The van der Waals surface area contributed by atoms with E-state index in [2.05, 4.69) is 0 Å². The van der Waals surface area contributed by atoms with Crippen molar-refractivity contribution in [3.63, 3.8) is 0 Å². The largest absolute Gasteiger partial charge is 0.451 e. The first kappa shape index (κ1) is 12.5. The summed E-state index contributed by atoms with van der Waals surface area (Å²) < 4.78 is 5.64. The Balaban J connectivity index is 1.86. The third-order valence-corrected chi connectivity index (χ3v) is 3.93. The third-order valence-electron chi connectivity index (χ3n) is 3.72. The number of para-hydroxylation sites is 1. The first-order valence-electron chi connectivity index (χ1n) is 6.65. The van der Waals surface area contributed by atoms with Gasteiger partial charge in [0.2, 0.25) is 0 Å². The molecule has 2 aromatic rings. The molecular weight excluding hydrogens is 262 g/mol. The highest BCUT2D eigenvalue weighted by atomic mass is 35.5. The van der Waals surface area contributed by atoms with Crippen molar-refractivity contribution >= 4 is 28.5 Å². The minimum absolute atomic E-state index is 0.0104. The monoisotopic (exact) mass is 277 g/mol. The lowest BCUT2D eigenvalue weighted by Crippen LogP contribution is -2.35. The van der Waals surface area contributed by atoms with Crippen LogP contribution < -0.4 is 0 Å². The number of carbonyl (C=O) groups is 1. The summed E-state index contributed by atoms with van der Waals surface area (Å²) in [7, 11) is 0. The minimum Gasteiger partial charge on any atom is -0.451 e. The maximum atomic E-state index is 12.5. The Kier molecular flexibility index (Phi) is 3.47. The Morgan fingerprint density at radius 1 is 1.42 bits per heavy atom. The Morgan fingerprint density at radius 3 is 3.05 bits per heavy atom. The molecule has 3 rings (SSSR count). The summed E-state index contributed by atoms with van der Waals surface area (Å²) in [5.74, 6) is 1.01. The fourth-order valence-corrected chi connectivity index (χ4v) is 3.01. The first-order valence-corrected chi connectivity index (χ1v) is 7.18. The summed E-state index contributed by atoms with van der Waals surface area (Å²) >= 11 is 5.80. The lowest BCUT2D eigenvalue weighted by Gasteiger charge is -2.22. The van der Waals surface area contributed by atoms with E-state index in [1.54, 1.807) is 0 Å². The molecule has 1 fully saturated rings. The van der Waals surface area contributed by atoms with Gasteiger partial charge in [0, 0.05) is 23.9 Å². The molecule has 0 saturated carbocycles. The van der Waals surface area contributed by atoms with Crippen molar-refractivity contribution in [2.24, 2.45) is 0 Å². The van der Waals surface area contributed by atoms with Gasteiger partial charge in [-0.15, -0.1) is 11.6 Å². The van der Waals surface area contributed by atoms with Gasteiger partial charge in [-0.25, -0.2) is 0 Å². The number of amides is 1. The maximum Gasteiger partial charge on any atom is 0.289 e. The van der Waals surface area contributed by atoms with Gasteiger partial charge in [0.25, 0.3) is 5.91 Å². The van der Waals surface area contributed by atoms with Crippen LogP contribution in [-0.4, -0.2) is 29.3 Å². The average Bonchev–Trinajstić information content (AvgIpc) is 3.04. The van der Waals surface area contributed by atoms with Gasteiger partial charge in [-0.2, -0.15) is 0 Å². The predicted octanol–water partition coefficient (Wildman–Crippen LogP) is 3.67. The molecule has 1 amide bonds. The molecule has 0 bridgehead atoms. The Morgan fingerprint density at radius 2 is 2.26 bits per heavy atom. The number of carbonyl (C=O) groups excluding carboxylic acids is 1. The lowest BCUT2D eigenvalue weighted by molar-refractivity contribution is 0.0704. The smallest absolute Gasteiger partial charge is 0.289 e. The number of furan rings is 1. The molecule has 3 nitrogen and oxygen atoms in total. The average molecular weight is 278 g/mol. The standard InChI is InChI=1S/C15H16ClNO2/c16-8-7-12-5-3-9-17(12)15(18)14-10-11-4-1-2-6-13(11)19-14/h1-2,4,6,10,12H,3,5,7-9H2. The van der Waals surface area contributed by atoms with Gasteiger partial charge < -0.3 is 9.32 Å². The Labute approximate surface area is 117 Å². The number of likely N-dealkylation sites (tertiary alicyclic amines) is 1. The van der Waals surface area contributed by atoms with E-state index in [9.17, 15) is 4.79 Å². The van der Waals surface area contributed by atoms with E-state index in [1.165, 1.54) is 0 Å². The molecule has 100 valence electrons. The number of nitrogens with zero attached hydrogens (tertiary/aromatic N) is 1. The van der Waals surface area contributed by atoms with E-state index in [0.29, 0.717) is 11.6 Å². The van der Waals surface area contributed by atoms with E-state index in [4.69, 9.17) is 16.0 Å². The van der Waals surface area contributed by atoms with E-state index in [1.807, 2.05) is 35.2 Å². The van der Waals surface area contributed by atoms with Crippen LogP contribution in [0.15, 0.2) is 34.7 Å². The zero-order chi connectivity index (χ0) is 13.2.